The Morgan fingerprint density at radius 1 is 0.894 bits per heavy atom. The summed E-state index contributed by atoms with van der Waals surface area (Å²) in [6.45, 7) is 0.718. The van der Waals surface area contributed by atoms with E-state index in [1.165, 1.54) is 0 Å². The molecule has 4 unspecified atom stereocenters. The molecular weight excluding hydrogens is 592 g/mol. The Labute approximate surface area is 277 Å². The van der Waals surface area contributed by atoms with E-state index in [0.29, 0.717) is 38.8 Å². The van der Waals surface area contributed by atoms with E-state index in [1.54, 1.807) is 4.90 Å². The van der Waals surface area contributed by atoms with Crippen molar-refractivity contribution >= 4 is 17.8 Å². The summed E-state index contributed by atoms with van der Waals surface area (Å²) in [7, 11) is 0. The number of aliphatic hydroxyl groups is 1. The van der Waals surface area contributed by atoms with E-state index in [-0.39, 0.29) is 56.0 Å². The van der Waals surface area contributed by atoms with Gasteiger partial charge in [-0.25, -0.2) is 0 Å². The number of aliphatic hydroxyl groups excluding tert-OH is 1. The highest BCUT2D eigenvalue weighted by molar-refractivity contribution is 5.86. The monoisotopic (exact) mass is 638 g/mol. The lowest BCUT2D eigenvalue weighted by Gasteiger charge is -2.36. The van der Waals surface area contributed by atoms with Crippen molar-refractivity contribution in [2.24, 2.45) is 11.8 Å². The molecule has 0 saturated carbocycles. The van der Waals surface area contributed by atoms with Crippen LogP contribution < -0.4 is 5.32 Å². The van der Waals surface area contributed by atoms with Crippen LogP contribution in [-0.4, -0.2) is 59.7 Å². The van der Waals surface area contributed by atoms with Crippen LogP contribution in [0.3, 0.4) is 0 Å². The van der Waals surface area contributed by atoms with Crippen LogP contribution in [0.5, 0.6) is 0 Å². The zero-order valence-electron chi connectivity index (χ0n) is 27.0. The molecule has 2 heterocycles. The van der Waals surface area contributed by atoms with Crippen LogP contribution in [0.15, 0.2) is 97.1 Å². The van der Waals surface area contributed by atoms with Gasteiger partial charge in [0.2, 0.25) is 11.8 Å². The van der Waals surface area contributed by atoms with Crippen molar-refractivity contribution in [2.45, 2.75) is 70.2 Å². The number of esters is 1. The summed E-state index contributed by atoms with van der Waals surface area (Å²) < 4.78 is 11.8. The Kier molecular flexibility index (Phi) is 12.8. The average Bonchev–Trinajstić information content (AvgIpc) is 3.10. The molecule has 2 aliphatic heterocycles. The lowest BCUT2D eigenvalue weighted by atomic mass is 9.92. The standard InChI is InChI=1S/C39H46N2O6/c42-25-36-22-31-17-11-12-20-34(31)24-41(36)37(43)23-32-18-9-1-2-10-19-33(21-29-13-5-3-6-14-29)39(45)47-28-35(40-38(32)44)27-46-26-30-15-7-4-8-16-30/h1,3-9,11-17,20,32-33,35-36,42H,2,10,18-19,21-28H2,(H,40,44). The maximum atomic E-state index is 13.8. The highest BCUT2D eigenvalue weighted by atomic mass is 16.5. The minimum absolute atomic E-state index is 0.00533. The maximum Gasteiger partial charge on any atom is 0.309 e. The van der Waals surface area contributed by atoms with Gasteiger partial charge in [-0.15, -0.1) is 0 Å². The fourth-order valence-corrected chi connectivity index (χ4v) is 6.36. The molecule has 8 nitrogen and oxygen atoms in total. The lowest BCUT2D eigenvalue weighted by Crippen LogP contribution is -2.49. The van der Waals surface area contributed by atoms with Crippen molar-refractivity contribution in [3.63, 3.8) is 0 Å². The van der Waals surface area contributed by atoms with Crippen molar-refractivity contribution in [3.8, 4) is 0 Å². The van der Waals surface area contributed by atoms with Gasteiger partial charge in [-0.05, 0) is 60.8 Å². The number of rotatable bonds is 9. The lowest BCUT2D eigenvalue weighted by molar-refractivity contribution is -0.151. The van der Waals surface area contributed by atoms with E-state index in [9.17, 15) is 19.5 Å². The average molecular weight is 639 g/mol. The Hall–Kier alpha value is -4.27. The molecule has 0 spiro atoms. The van der Waals surface area contributed by atoms with E-state index in [4.69, 9.17) is 9.47 Å². The second kappa shape index (κ2) is 17.6. The molecule has 2 N–H and O–H groups in total. The van der Waals surface area contributed by atoms with Crippen LogP contribution in [0, 0.1) is 11.8 Å². The summed E-state index contributed by atoms with van der Waals surface area (Å²) in [6, 6.07) is 26.7. The van der Waals surface area contributed by atoms with Crippen LogP contribution in [-0.2, 0) is 49.9 Å². The molecule has 5 rings (SSSR count). The molecule has 248 valence electrons. The molecule has 0 radical (unpaired) electrons. The fraction of sp³-hybridized carbons (Fsp3) is 0.410. The molecule has 8 heteroatoms. The molecule has 2 aliphatic rings. The van der Waals surface area contributed by atoms with Crippen LogP contribution in [0.2, 0.25) is 0 Å². The maximum absolute atomic E-state index is 13.8. The highest BCUT2D eigenvalue weighted by Crippen LogP contribution is 2.26. The largest absolute Gasteiger partial charge is 0.463 e. The number of nitrogens with one attached hydrogen (secondary N) is 1. The van der Waals surface area contributed by atoms with Gasteiger partial charge in [-0.3, -0.25) is 14.4 Å². The van der Waals surface area contributed by atoms with Crippen molar-refractivity contribution in [3.05, 3.63) is 119 Å². The molecule has 3 aromatic rings. The number of benzene rings is 3. The number of fused-ring (bicyclic) bond motifs is 1. The van der Waals surface area contributed by atoms with E-state index in [1.807, 2.05) is 97.1 Å². The highest BCUT2D eigenvalue weighted by Gasteiger charge is 2.33. The number of carbonyl (C=O) groups excluding carboxylic acids is 3. The zero-order chi connectivity index (χ0) is 32.8. The first kappa shape index (κ1) is 34.1. The minimum Gasteiger partial charge on any atom is -0.463 e. The zero-order valence-corrected chi connectivity index (χ0v) is 27.0. The number of hydrogen-bond donors (Lipinski definition) is 2. The molecule has 0 saturated heterocycles. The molecule has 0 bridgehead atoms. The SMILES string of the molecule is O=C1NC(COCc2ccccc2)COC(=O)C(Cc2ccccc2)CCCC=CCC1CC(=O)N1Cc2ccccc2CC1CO. The van der Waals surface area contributed by atoms with Crippen LogP contribution >= 0.6 is 0 Å². The molecule has 0 fully saturated rings. The predicted octanol–water partition coefficient (Wildman–Crippen LogP) is 5.17. The number of hydrogen-bond acceptors (Lipinski definition) is 6. The van der Waals surface area contributed by atoms with E-state index >= 15 is 0 Å². The van der Waals surface area contributed by atoms with Gasteiger partial charge in [-0.2, -0.15) is 0 Å². The van der Waals surface area contributed by atoms with Crippen molar-refractivity contribution in [1.29, 1.82) is 0 Å². The van der Waals surface area contributed by atoms with Crippen LogP contribution in [0.1, 0.15) is 54.4 Å². The van der Waals surface area contributed by atoms with Crippen LogP contribution in [0.4, 0.5) is 0 Å². The van der Waals surface area contributed by atoms with Crippen molar-refractivity contribution in [1.82, 2.24) is 10.2 Å². The number of nitrogens with zero attached hydrogens (tertiary/aromatic N) is 1. The Morgan fingerprint density at radius 2 is 1.60 bits per heavy atom. The van der Waals surface area contributed by atoms with Gasteiger partial charge in [-0.1, -0.05) is 97.1 Å². The number of cyclic esters (lactones) is 1. The fourth-order valence-electron chi connectivity index (χ4n) is 6.36. The molecule has 0 aromatic heterocycles. The minimum atomic E-state index is -0.628. The summed E-state index contributed by atoms with van der Waals surface area (Å²) in [4.78, 5) is 42.6. The Morgan fingerprint density at radius 3 is 2.34 bits per heavy atom. The molecule has 0 aliphatic carbocycles. The number of carbonyl (C=O) groups is 3. The van der Waals surface area contributed by atoms with Gasteiger partial charge >= 0.3 is 5.97 Å². The summed E-state index contributed by atoms with van der Waals surface area (Å²) >= 11 is 0. The smallest absolute Gasteiger partial charge is 0.309 e. The number of allylic oxidation sites excluding steroid dienone is 2. The van der Waals surface area contributed by atoms with Gasteiger partial charge < -0.3 is 24.8 Å². The number of amides is 2. The number of ether oxygens (including phenoxy) is 2. The topological polar surface area (TPSA) is 105 Å². The Balaban J connectivity index is 1.30. The van der Waals surface area contributed by atoms with Gasteiger partial charge in [0.25, 0.3) is 0 Å². The molecule has 3 aromatic carbocycles. The van der Waals surface area contributed by atoms with E-state index in [0.717, 1.165) is 35.1 Å². The van der Waals surface area contributed by atoms with Crippen LogP contribution in [0.25, 0.3) is 0 Å². The predicted molar refractivity (Wildman–Crippen MR) is 180 cm³/mol. The third-order valence-corrected chi connectivity index (χ3v) is 9.05. The third-order valence-electron chi connectivity index (χ3n) is 9.05. The summed E-state index contributed by atoms with van der Waals surface area (Å²) in [5.74, 6) is -1.67. The first-order chi connectivity index (χ1) is 23.0. The third kappa shape index (κ3) is 10.1. The second-order valence-corrected chi connectivity index (χ2v) is 12.6. The van der Waals surface area contributed by atoms with E-state index in [2.05, 4.69) is 5.32 Å². The Bertz CT molecular complexity index is 1480. The van der Waals surface area contributed by atoms with Gasteiger partial charge in [0.1, 0.15) is 6.61 Å². The normalized spacial score (nSPS) is 22.4. The summed E-state index contributed by atoms with van der Waals surface area (Å²) in [5, 5.41) is 13.2. The molecule has 2 amide bonds. The first-order valence-corrected chi connectivity index (χ1v) is 16.7. The van der Waals surface area contributed by atoms with E-state index < -0.39 is 12.0 Å². The first-order valence-electron chi connectivity index (χ1n) is 16.7. The molecule has 47 heavy (non-hydrogen) atoms. The van der Waals surface area contributed by atoms with Gasteiger partial charge in [0.15, 0.2) is 0 Å². The van der Waals surface area contributed by atoms with Crippen molar-refractivity contribution in [2.75, 3.05) is 19.8 Å². The van der Waals surface area contributed by atoms with Crippen molar-refractivity contribution < 1.29 is 29.0 Å². The summed E-state index contributed by atoms with van der Waals surface area (Å²) in [6.07, 6.45) is 7.82. The summed E-state index contributed by atoms with van der Waals surface area (Å²) in [5.41, 5.74) is 4.27. The quantitative estimate of drug-likeness (QED) is 0.248. The molecule has 4 atom stereocenters. The van der Waals surface area contributed by atoms with Gasteiger partial charge in [0.05, 0.1) is 43.7 Å². The van der Waals surface area contributed by atoms with Gasteiger partial charge in [0, 0.05) is 13.0 Å². The second-order valence-electron chi connectivity index (χ2n) is 12.6. The molecular formula is C39H46N2O6.